The van der Waals surface area contributed by atoms with E-state index in [0.717, 1.165) is 17.9 Å². The molecule has 2 rings (SSSR count). The lowest BCUT2D eigenvalue weighted by atomic mass is 9.81. The van der Waals surface area contributed by atoms with Crippen LogP contribution in [0.4, 0.5) is 0 Å². The minimum absolute atomic E-state index is 0.0698. The van der Waals surface area contributed by atoms with Gasteiger partial charge in [-0.05, 0) is 42.0 Å². The molecule has 116 valence electrons. The summed E-state index contributed by atoms with van der Waals surface area (Å²) in [7, 11) is 1.97. The lowest BCUT2D eigenvalue weighted by Gasteiger charge is -2.22. The standard InChI is InChI=1S/C19H29NO/c1-12-9-13(18(2,3)4)10-14-16(19(5,6)7)15(11-20-8)21-17(12)14/h9-10,20H,11H2,1-8H3. The summed E-state index contributed by atoms with van der Waals surface area (Å²) in [6, 6.07) is 4.59. The summed E-state index contributed by atoms with van der Waals surface area (Å²) >= 11 is 0. The van der Waals surface area contributed by atoms with Gasteiger partial charge in [0, 0.05) is 10.9 Å². The number of hydrogen-bond donors (Lipinski definition) is 1. The lowest BCUT2D eigenvalue weighted by molar-refractivity contribution is 0.494. The molecule has 0 unspecified atom stereocenters. The Morgan fingerprint density at radius 3 is 2.10 bits per heavy atom. The first-order valence-electron chi connectivity index (χ1n) is 7.77. The molecule has 0 aliphatic rings. The number of hydrogen-bond acceptors (Lipinski definition) is 2. The van der Waals surface area contributed by atoms with Crippen molar-refractivity contribution in [1.29, 1.82) is 0 Å². The molecule has 21 heavy (non-hydrogen) atoms. The van der Waals surface area contributed by atoms with E-state index >= 15 is 0 Å². The first-order chi connectivity index (χ1) is 9.55. The van der Waals surface area contributed by atoms with Gasteiger partial charge in [-0.2, -0.15) is 0 Å². The van der Waals surface area contributed by atoms with E-state index in [1.54, 1.807) is 0 Å². The summed E-state index contributed by atoms with van der Waals surface area (Å²) in [6.45, 7) is 16.5. The van der Waals surface area contributed by atoms with E-state index in [-0.39, 0.29) is 10.8 Å². The number of nitrogens with one attached hydrogen (secondary N) is 1. The molecule has 0 saturated carbocycles. The highest BCUT2D eigenvalue weighted by atomic mass is 16.3. The van der Waals surface area contributed by atoms with Gasteiger partial charge in [0.25, 0.3) is 0 Å². The highest BCUT2D eigenvalue weighted by Crippen LogP contribution is 2.39. The smallest absolute Gasteiger partial charge is 0.137 e. The largest absolute Gasteiger partial charge is 0.459 e. The Hall–Kier alpha value is -1.28. The SMILES string of the molecule is CNCc1oc2c(C)cc(C(C)(C)C)cc2c1C(C)(C)C. The fourth-order valence-electron chi connectivity index (χ4n) is 2.96. The van der Waals surface area contributed by atoms with E-state index in [0.29, 0.717) is 0 Å². The molecular weight excluding hydrogens is 258 g/mol. The van der Waals surface area contributed by atoms with E-state index in [1.807, 2.05) is 7.05 Å². The van der Waals surface area contributed by atoms with Crippen molar-refractivity contribution in [2.45, 2.75) is 65.8 Å². The topological polar surface area (TPSA) is 25.2 Å². The van der Waals surface area contributed by atoms with Gasteiger partial charge in [0.2, 0.25) is 0 Å². The maximum absolute atomic E-state index is 6.20. The number of furan rings is 1. The van der Waals surface area contributed by atoms with Crippen molar-refractivity contribution in [2.24, 2.45) is 0 Å². The van der Waals surface area contributed by atoms with E-state index in [4.69, 9.17) is 4.42 Å². The molecule has 1 aromatic carbocycles. The first-order valence-corrected chi connectivity index (χ1v) is 7.77. The van der Waals surface area contributed by atoms with Crippen LogP contribution in [0, 0.1) is 6.92 Å². The molecule has 0 spiro atoms. The second-order valence-corrected chi connectivity index (χ2v) is 8.10. The second kappa shape index (κ2) is 5.17. The van der Waals surface area contributed by atoms with Crippen molar-refractivity contribution in [1.82, 2.24) is 5.32 Å². The molecule has 0 atom stereocenters. The Morgan fingerprint density at radius 2 is 1.62 bits per heavy atom. The van der Waals surface area contributed by atoms with Gasteiger partial charge in [-0.15, -0.1) is 0 Å². The Balaban J connectivity index is 2.83. The van der Waals surface area contributed by atoms with E-state index in [1.165, 1.54) is 22.1 Å². The van der Waals surface area contributed by atoms with E-state index in [2.05, 4.69) is 65.9 Å². The fraction of sp³-hybridized carbons (Fsp3) is 0.579. The maximum Gasteiger partial charge on any atom is 0.137 e. The molecular formula is C19H29NO. The number of fused-ring (bicyclic) bond motifs is 1. The van der Waals surface area contributed by atoms with Crippen LogP contribution in [-0.2, 0) is 17.4 Å². The molecule has 2 aromatic rings. The fourth-order valence-corrected chi connectivity index (χ4v) is 2.96. The van der Waals surface area contributed by atoms with E-state index < -0.39 is 0 Å². The predicted molar refractivity (Wildman–Crippen MR) is 91.1 cm³/mol. The third-order valence-electron chi connectivity index (χ3n) is 4.00. The lowest BCUT2D eigenvalue weighted by Crippen LogP contribution is -2.16. The Labute approximate surface area is 128 Å². The molecule has 2 heteroatoms. The average molecular weight is 287 g/mol. The average Bonchev–Trinajstić information content (AvgIpc) is 2.66. The van der Waals surface area contributed by atoms with Gasteiger partial charge in [-0.3, -0.25) is 0 Å². The van der Waals surface area contributed by atoms with Gasteiger partial charge in [-0.1, -0.05) is 47.6 Å². The summed E-state index contributed by atoms with van der Waals surface area (Å²) in [4.78, 5) is 0. The molecule has 0 saturated heterocycles. The van der Waals surface area contributed by atoms with E-state index in [9.17, 15) is 0 Å². The Morgan fingerprint density at radius 1 is 1.00 bits per heavy atom. The summed E-state index contributed by atoms with van der Waals surface area (Å²) in [5.41, 5.74) is 5.19. The third kappa shape index (κ3) is 3.01. The number of benzene rings is 1. The van der Waals surface area contributed by atoms with Crippen LogP contribution in [-0.4, -0.2) is 7.05 Å². The van der Waals surface area contributed by atoms with Crippen LogP contribution in [0.5, 0.6) is 0 Å². The van der Waals surface area contributed by atoms with Gasteiger partial charge in [0.05, 0.1) is 6.54 Å². The van der Waals surface area contributed by atoms with Crippen molar-refractivity contribution < 1.29 is 4.42 Å². The molecule has 0 aliphatic heterocycles. The van der Waals surface area contributed by atoms with Crippen molar-refractivity contribution in [3.05, 3.63) is 34.6 Å². The van der Waals surface area contributed by atoms with Crippen LogP contribution in [0.3, 0.4) is 0 Å². The second-order valence-electron chi connectivity index (χ2n) is 8.10. The summed E-state index contributed by atoms with van der Waals surface area (Å²) < 4.78 is 6.20. The van der Waals surface area contributed by atoms with Crippen LogP contribution in [0.2, 0.25) is 0 Å². The van der Waals surface area contributed by atoms with Crippen LogP contribution in [0.1, 0.15) is 64.0 Å². The minimum atomic E-state index is 0.0698. The zero-order valence-corrected chi connectivity index (χ0v) is 14.8. The molecule has 0 fully saturated rings. The van der Waals surface area contributed by atoms with Crippen molar-refractivity contribution in [2.75, 3.05) is 7.05 Å². The maximum atomic E-state index is 6.20. The van der Waals surface area contributed by atoms with Gasteiger partial charge in [-0.25, -0.2) is 0 Å². The zero-order valence-electron chi connectivity index (χ0n) is 14.8. The quantitative estimate of drug-likeness (QED) is 0.835. The van der Waals surface area contributed by atoms with Crippen LogP contribution in [0.15, 0.2) is 16.5 Å². The molecule has 0 amide bonds. The molecule has 0 aliphatic carbocycles. The van der Waals surface area contributed by atoms with Crippen molar-refractivity contribution in [3.63, 3.8) is 0 Å². The Bertz CT molecular complexity index is 651. The highest BCUT2D eigenvalue weighted by Gasteiger charge is 2.27. The Kier molecular flexibility index (Phi) is 3.96. The van der Waals surface area contributed by atoms with Crippen molar-refractivity contribution >= 4 is 11.0 Å². The molecule has 1 aromatic heterocycles. The van der Waals surface area contributed by atoms with Gasteiger partial charge in [0.15, 0.2) is 0 Å². The van der Waals surface area contributed by atoms with Crippen LogP contribution < -0.4 is 5.32 Å². The van der Waals surface area contributed by atoms with Crippen molar-refractivity contribution in [3.8, 4) is 0 Å². The minimum Gasteiger partial charge on any atom is -0.459 e. The zero-order chi connectivity index (χ0) is 16.0. The normalized spacial score (nSPS) is 13.1. The third-order valence-corrected chi connectivity index (χ3v) is 4.00. The van der Waals surface area contributed by atoms with Gasteiger partial charge >= 0.3 is 0 Å². The van der Waals surface area contributed by atoms with Gasteiger partial charge in [0.1, 0.15) is 11.3 Å². The molecule has 0 bridgehead atoms. The van der Waals surface area contributed by atoms with Gasteiger partial charge < -0.3 is 9.73 Å². The number of rotatable bonds is 2. The first kappa shape index (κ1) is 16.1. The molecule has 2 nitrogen and oxygen atoms in total. The highest BCUT2D eigenvalue weighted by molar-refractivity contribution is 5.87. The monoisotopic (exact) mass is 287 g/mol. The predicted octanol–water partition coefficient (Wildman–Crippen LogP) is 5.06. The summed E-state index contributed by atoms with van der Waals surface area (Å²) in [5.74, 6) is 1.06. The summed E-state index contributed by atoms with van der Waals surface area (Å²) in [5, 5.41) is 4.50. The van der Waals surface area contributed by atoms with Crippen LogP contribution in [0.25, 0.3) is 11.0 Å². The van der Waals surface area contributed by atoms with Crippen LogP contribution >= 0.6 is 0 Å². The molecule has 1 N–H and O–H groups in total. The molecule has 0 radical (unpaired) electrons. The number of aryl methyl sites for hydroxylation is 1. The summed E-state index contributed by atoms with van der Waals surface area (Å²) in [6.07, 6.45) is 0. The molecule has 1 heterocycles.